The van der Waals surface area contributed by atoms with Gasteiger partial charge in [0.25, 0.3) is 0 Å². The fourth-order valence-corrected chi connectivity index (χ4v) is 7.16. The Morgan fingerprint density at radius 2 is 0.850 bits per heavy atom. The van der Waals surface area contributed by atoms with Crippen molar-refractivity contribution in [2.75, 3.05) is 12.4 Å². The topological polar surface area (TPSA) is 149 Å². The molecule has 4 aromatic rings. The van der Waals surface area contributed by atoms with Crippen LogP contribution in [0.1, 0.15) is 119 Å². The predicted octanol–water partition coefficient (Wildman–Crippen LogP) is 9.63. The molecule has 4 aromatic carbocycles. The van der Waals surface area contributed by atoms with Crippen LogP contribution in [0.15, 0.2) is 121 Å². The number of rotatable bonds is 25. The fourth-order valence-electron chi connectivity index (χ4n) is 6.26. The van der Waals surface area contributed by atoms with E-state index in [2.05, 4.69) is 6.92 Å². The molecule has 60 heavy (non-hydrogen) atoms. The van der Waals surface area contributed by atoms with Gasteiger partial charge < -0.3 is 23.7 Å². The standard InChI is InChI=1S/C48H54O11S/c1-3-4-5-6-7-8-9-10-11-24-33-60-48(54)43(59-47(53)39-31-22-15-23-32-39)42(58-46(52)38-29-20-14-21-30-38)41(57-45(51)37-27-18-13-19-28-37)40(56-35(2)49)34-55-44(50)36-25-16-12-17-26-36/h12-23,25-32,40-43H,3-11,24,33-34H2,1-2H3/t40-,41-,42+,43-/m1/s1. The van der Waals surface area contributed by atoms with Crippen LogP contribution in [0, 0.1) is 0 Å². The molecule has 12 heteroatoms. The lowest BCUT2D eigenvalue weighted by Gasteiger charge is -2.35. The zero-order valence-corrected chi connectivity index (χ0v) is 35.1. The van der Waals surface area contributed by atoms with Gasteiger partial charge in [0.05, 0.1) is 22.3 Å². The summed E-state index contributed by atoms with van der Waals surface area (Å²) in [5.41, 5.74) is 0.401. The SMILES string of the molecule is CCCCCCCCCCCCSC(=O)[C@H](OC(=O)c1ccccc1)[C@@H](OC(=O)c1ccccc1)[C@H](OC(=O)c1ccccc1)[C@@H](COC(=O)c1ccccc1)OC(C)=O. The van der Waals surface area contributed by atoms with E-state index < -0.39 is 66.0 Å². The monoisotopic (exact) mass is 838 g/mol. The van der Waals surface area contributed by atoms with Crippen LogP contribution in [0.25, 0.3) is 0 Å². The number of thioether (sulfide) groups is 1. The maximum Gasteiger partial charge on any atom is 0.339 e. The molecule has 0 amide bonds. The number of unbranched alkanes of at least 4 members (excludes halogenated alkanes) is 9. The van der Waals surface area contributed by atoms with Crippen molar-refractivity contribution in [3.05, 3.63) is 144 Å². The first-order valence-corrected chi connectivity index (χ1v) is 21.5. The summed E-state index contributed by atoms with van der Waals surface area (Å²) in [6.45, 7) is 2.58. The number of esters is 5. The van der Waals surface area contributed by atoms with E-state index >= 15 is 0 Å². The van der Waals surface area contributed by atoms with Gasteiger partial charge in [0, 0.05) is 12.7 Å². The molecule has 4 atom stereocenters. The average Bonchev–Trinajstić information content (AvgIpc) is 3.28. The zero-order valence-electron chi connectivity index (χ0n) is 34.2. The molecule has 0 fully saturated rings. The third-order valence-electron chi connectivity index (χ3n) is 9.42. The number of benzene rings is 4. The Morgan fingerprint density at radius 3 is 1.28 bits per heavy atom. The normalized spacial score (nSPS) is 12.8. The molecular weight excluding hydrogens is 785 g/mol. The van der Waals surface area contributed by atoms with Gasteiger partial charge in [0.1, 0.15) is 6.61 Å². The minimum atomic E-state index is -1.93. The molecule has 0 aliphatic heterocycles. The van der Waals surface area contributed by atoms with Gasteiger partial charge in [-0.25, -0.2) is 19.2 Å². The fraction of sp³-hybridized carbons (Fsp3) is 0.375. The second-order valence-electron chi connectivity index (χ2n) is 14.1. The predicted molar refractivity (Wildman–Crippen MR) is 229 cm³/mol. The highest BCUT2D eigenvalue weighted by Gasteiger charge is 2.48. The van der Waals surface area contributed by atoms with E-state index in [0.29, 0.717) is 12.2 Å². The Bertz CT molecular complexity index is 1920. The number of carbonyl (C=O) groups is 6. The summed E-state index contributed by atoms with van der Waals surface area (Å²) in [4.78, 5) is 81.9. The molecule has 0 unspecified atom stereocenters. The van der Waals surface area contributed by atoms with E-state index in [1.54, 1.807) is 72.8 Å². The lowest BCUT2D eigenvalue weighted by atomic mass is 10.0. The summed E-state index contributed by atoms with van der Waals surface area (Å²) in [5.74, 6) is -4.16. The zero-order chi connectivity index (χ0) is 43.0. The molecule has 0 spiro atoms. The van der Waals surface area contributed by atoms with Gasteiger partial charge in [-0.1, -0.05) is 149 Å². The van der Waals surface area contributed by atoms with Crippen molar-refractivity contribution < 1.29 is 52.5 Å². The van der Waals surface area contributed by atoms with Gasteiger partial charge >= 0.3 is 29.8 Å². The van der Waals surface area contributed by atoms with Crippen LogP contribution in [0.2, 0.25) is 0 Å². The molecule has 11 nitrogen and oxygen atoms in total. The second kappa shape index (κ2) is 26.4. The van der Waals surface area contributed by atoms with E-state index in [0.717, 1.165) is 44.4 Å². The van der Waals surface area contributed by atoms with E-state index in [-0.39, 0.29) is 22.3 Å². The molecule has 0 aliphatic rings. The van der Waals surface area contributed by atoms with Gasteiger partial charge in [0.15, 0.2) is 18.3 Å². The van der Waals surface area contributed by atoms with Gasteiger partial charge in [-0.2, -0.15) is 0 Å². The van der Waals surface area contributed by atoms with Crippen LogP contribution in [-0.2, 0) is 33.3 Å². The highest BCUT2D eigenvalue weighted by Crippen LogP contribution is 2.27. The quantitative estimate of drug-likeness (QED) is 0.0355. The highest BCUT2D eigenvalue weighted by atomic mass is 32.2. The van der Waals surface area contributed by atoms with Crippen molar-refractivity contribution in [3.8, 4) is 0 Å². The number of hydrogen-bond donors (Lipinski definition) is 0. The van der Waals surface area contributed by atoms with Crippen LogP contribution in [-0.4, -0.2) is 71.7 Å². The molecule has 0 radical (unpaired) electrons. The van der Waals surface area contributed by atoms with Crippen molar-refractivity contribution in [3.63, 3.8) is 0 Å². The van der Waals surface area contributed by atoms with E-state index in [1.165, 1.54) is 80.6 Å². The van der Waals surface area contributed by atoms with Gasteiger partial charge in [-0.15, -0.1) is 0 Å². The largest absolute Gasteiger partial charge is 0.458 e. The van der Waals surface area contributed by atoms with E-state index in [4.69, 9.17) is 23.7 Å². The van der Waals surface area contributed by atoms with Gasteiger partial charge in [0.2, 0.25) is 11.2 Å². The molecule has 0 bridgehead atoms. The molecule has 0 heterocycles. The Kier molecular flexibility index (Phi) is 20.6. The molecule has 0 aromatic heterocycles. The molecule has 4 rings (SSSR count). The van der Waals surface area contributed by atoms with Crippen molar-refractivity contribution in [2.45, 2.75) is 102 Å². The van der Waals surface area contributed by atoms with E-state index in [9.17, 15) is 28.8 Å². The maximum atomic E-state index is 14.4. The first-order chi connectivity index (χ1) is 29.2. The minimum absolute atomic E-state index is 0.0637. The summed E-state index contributed by atoms with van der Waals surface area (Å²) in [6.07, 6.45) is 3.53. The molecule has 0 saturated carbocycles. The van der Waals surface area contributed by atoms with Crippen LogP contribution < -0.4 is 0 Å². The summed E-state index contributed by atoms with van der Waals surface area (Å²) < 4.78 is 29.3. The van der Waals surface area contributed by atoms with Crippen LogP contribution in [0.4, 0.5) is 0 Å². The first-order valence-electron chi connectivity index (χ1n) is 20.5. The Balaban J connectivity index is 1.72. The van der Waals surface area contributed by atoms with Gasteiger partial charge in [-0.05, 0) is 55.0 Å². The van der Waals surface area contributed by atoms with E-state index in [1.807, 2.05) is 0 Å². The Labute approximate surface area is 356 Å². The smallest absolute Gasteiger partial charge is 0.339 e. The van der Waals surface area contributed by atoms with Crippen LogP contribution >= 0.6 is 11.8 Å². The first kappa shape index (κ1) is 46.9. The molecule has 0 aliphatic carbocycles. The molecular formula is C48H54O11S. The third-order valence-corrected chi connectivity index (χ3v) is 10.4. The molecule has 318 valence electrons. The molecule has 0 saturated heterocycles. The van der Waals surface area contributed by atoms with Crippen LogP contribution in [0.5, 0.6) is 0 Å². The minimum Gasteiger partial charge on any atom is -0.458 e. The average molecular weight is 839 g/mol. The summed E-state index contributed by atoms with van der Waals surface area (Å²) in [6, 6.07) is 31.6. The third kappa shape index (κ3) is 16.1. The van der Waals surface area contributed by atoms with Crippen molar-refractivity contribution in [1.29, 1.82) is 0 Å². The maximum absolute atomic E-state index is 14.4. The van der Waals surface area contributed by atoms with Crippen molar-refractivity contribution in [1.82, 2.24) is 0 Å². The lowest BCUT2D eigenvalue weighted by molar-refractivity contribution is -0.169. The number of ether oxygens (including phenoxy) is 5. The second-order valence-corrected chi connectivity index (χ2v) is 15.2. The number of hydrogen-bond acceptors (Lipinski definition) is 12. The molecule has 0 N–H and O–H groups in total. The Morgan fingerprint density at radius 1 is 0.467 bits per heavy atom. The van der Waals surface area contributed by atoms with Crippen molar-refractivity contribution in [2.24, 2.45) is 0 Å². The summed E-state index contributed by atoms with van der Waals surface area (Å²) >= 11 is 0.883. The highest BCUT2D eigenvalue weighted by molar-refractivity contribution is 8.13. The van der Waals surface area contributed by atoms with Gasteiger partial charge in [-0.3, -0.25) is 9.59 Å². The Hall–Kier alpha value is -5.75. The summed E-state index contributed by atoms with van der Waals surface area (Å²) in [5, 5.41) is -0.704. The van der Waals surface area contributed by atoms with Crippen LogP contribution in [0.3, 0.4) is 0 Å². The lowest BCUT2D eigenvalue weighted by Crippen LogP contribution is -2.55. The number of carbonyl (C=O) groups excluding carboxylic acids is 6. The van der Waals surface area contributed by atoms with Crippen molar-refractivity contribution >= 4 is 46.7 Å². The summed E-state index contributed by atoms with van der Waals surface area (Å²) in [7, 11) is 0.